The second-order valence-corrected chi connectivity index (χ2v) is 7.22. The van der Waals surface area contributed by atoms with Crippen molar-refractivity contribution in [3.05, 3.63) is 60.1 Å². The number of benzene rings is 1. The second kappa shape index (κ2) is 7.96. The summed E-state index contributed by atoms with van der Waals surface area (Å²) < 4.78 is 5.23. The van der Waals surface area contributed by atoms with Crippen LogP contribution in [0.2, 0.25) is 0 Å². The molecule has 2 saturated heterocycles. The van der Waals surface area contributed by atoms with Gasteiger partial charge in [0.25, 0.3) is 5.91 Å². The van der Waals surface area contributed by atoms with Crippen molar-refractivity contribution in [2.45, 2.75) is 25.4 Å². The van der Waals surface area contributed by atoms with Gasteiger partial charge < -0.3 is 14.2 Å². The molecule has 1 atom stereocenters. The predicted octanol–water partition coefficient (Wildman–Crippen LogP) is 2.23. The van der Waals surface area contributed by atoms with Gasteiger partial charge in [-0.3, -0.25) is 14.5 Å². The minimum absolute atomic E-state index is 0.0757. The standard InChI is InChI=1S/C21H25N3O3/c25-20(18-8-4-10-24(18)21(26)19-9-5-15-27-19)23-13-11-22(12-14-23)16-17-6-2-1-3-7-17/h1-3,5-7,9,15,18H,4,8,10-14,16H2. The van der Waals surface area contributed by atoms with Crippen LogP contribution in [0.3, 0.4) is 0 Å². The third kappa shape index (κ3) is 3.90. The Kier molecular flexibility index (Phi) is 5.25. The first-order valence-corrected chi connectivity index (χ1v) is 9.62. The van der Waals surface area contributed by atoms with E-state index in [0.717, 1.165) is 32.5 Å². The molecule has 0 saturated carbocycles. The molecule has 2 aliphatic rings. The number of likely N-dealkylation sites (tertiary alicyclic amines) is 1. The van der Waals surface area contributed by atoms with Gasteiger partial charge in [0.05, 0.1) is 6.26 Å². The van der Waals surface area contributed by atoms with Crippen molar-refractivity contribution < 1.29 is 14.0 Å². The fourth-order valence-corrected chi connectivity index (χ4v) is 3.99. The van der Waals surface area contributed by atoms with Gasteiger partial charge in [0.2, 0.25) is 5.91 Å². The Bertz CT molecular complexity index is 767. The van der Waals surface area contributed by atoms with Gasteiger partial charge in [-0.15, -0.1) is 0 Å². The normalized spacial score (nSPS) is 20.8. The zero-order chi connectivity index (χ0) is 18.6. The monoisotopic (exact) mass is 367 g/mol. The molecule has 1 unspecified atom stereocenters. The summed E-state index contributed by atoms with van der Waals surface area (Å²) in [7, 11) is 0. The molecule has 0 spiro atoms. The second-order valence-electron chi connectivity index (χ2n) is 7.22. The Morgan fingerprint density at radius 1 is 0.963 bits per heavy atom. The predicted molar refractivity (Wildman–Crippen MR) is 101 cm³/mol. The van der Waals surface area contributed by atoms with Crippen molar-refractivity contribution in [1.29, 1.82) is 0 Å². The maximum absolute atomic E-state index is 13.0. The zero-order valence-electron chi connectivity index (χ0n) is 15.4. The lowest BCUT2D eigenvalue weighted by atomic mass is 10.1. The maximum Gasteiger partial charge on any atom is 0.290 e. The van der Waals surface area contributed by atoms with E-state index in [1.54, 1.807) is 17.0 Å². The van der Waals surface area contributed by atoms with Crippen LogP contribution < -0.4 is 0 Å². The maximum atomic E-state index is 13.0. The van der Waals surface area contributed by atoms with E-state index in [4.69, 9.17) is 4.42 Å². The van der Waals surface area contributed by atoms with Gasteiger partial charge in [0.15, 0.2) is 5.76 Å². The van der Waals surface area contributed by atoms with Gasteiger partial charge in [-0.05, 0) is 30.5 Å². The van der Waals surface area contributed by atoms with Gasteiger partial charge in [-0.1, -0.05) is 30.3 Å². The molecule has 142 valence electrons. The summed E-state index contributed by atoms with van der Waals surface area (Å²) in [6.45, 7) is 4.67. The molecule has 0 N–H and O–H groups in total. The number of rotatable bonds is 4. The van der Waals surface area contributed by atoms with Crippen LogP contribution in [0.5, 0.6) is 0 Å². The number of hydrogen-bond donors (Lipinski definition) is 0. The van der Waals surface area contributed by atoms with E-state index in [2.05, 4.69) is 29.2 Å². The first-order chi connectivity index (χ1) is 13.2. The molecular weight excluding hydrogens is 342 g/mol. The van der Waals surface area contributed by atoms with Gasteiger partial charge >= 0.3 is 0 Å². The van der Waals surface area contributed by atoms with E-state index in [9.17, 15) is 9.59 Å². The number of hydrogen-bond acceptors (Lipinski definition) is 4. The van der Waals surface area contributed by atoms with Gasteiger partial charge in [-0.25, -0.2) is 0 Å². The van der Waals surface area contributed by atoms with Crippen molar-refractivity contribution in [3.63, 3.8) is 0 Å². The third-order valence-corrected chi connectivity index (χ3v) is 5.46. The highest BCUT2D eigenvalue weighted by molar-refractivity contribution is 5.96. The van der Waals surface area contributed by atoms with E-state index in [0.29, 0.717) is 25.4 Å². The van der Waals surface area contributed by atoms with Crippen LogP contribution in [0.15, 0.2) is 53.1 Å². The fraction of sp³-hybridized carbons (Fsp3) is 0.429. The van der Waals surface area contributed by atoms with Crippen molar-refractivity contribution in [2.24, 2.45) is 0 Å². The van der Waals surface area contributed by atoms with Crippen molar-refractivity contribution in [3.8, 4) is 0 Å². The molecule has 0 bridgehead atoms. The molecule has 2 fully saturated rings. The molecule has 6 heteroatoms. The molecule has 6 nitrogen and oxygen atoms in total. The summed E-state index contributed by atoms with van der Waals surface area (Å²) in [5.74, 6) is 0.202. The molecule has 1 aromatic heterocycles. The Hall–Kier alpha value is -2.60. The summed E-state index contributed by atoms with van der Waals surface area (Å²) in [6, 6.07) is 13.4. The lowest BCUT2D eigenvalue weighted by molar-refractivity contribution is -0.137. The summed E-state index contributed by atoms with van der Waals surface area (Å²) >= 11 is 0. The lowest BCUT2D eigenvalue weighted by Gasteiger charge is -2.37. The average Bonchev–Trinajstić information content (AvgIpc) is 3.40. The van der Waals surface area contributed by atoms with E-state index in [-0.39, 0.29) is 17.9 Å². The molecule has 3 heterocycles. The Morgan fingerprint density at radius 3 is 2.44 bits per heavy atom. The van der Waals surface area contributed by atoms with Crippen molar-refractivity contribution >= 4 is 11.8 Å². The third-order valence-electron chi connectivity index (χ3n) is 5.46. The number of nitrogens with zero attached hydrogens (tertiary/aromatic N) is 3. The van der Waals surface area contributed by atoms with Crippen LogP contribution in [-0.4, -0.2) is 65.3 Å². The highest BCUT2D eigenvalue weighted by Gasteiger charge is 2.38. The van der Waals surface area contributed by atoms with E-state index < -0.39 is 0 Å². The molecule has 2 aromatic rings. The van der Waals surface area contributed by atoms with Gasteiger partial charge in [-0.2, -0.15) is 0 Å². The number of piperazine rings is 1. The molecular formula is C21H25N3O3. The highest BCUT2D eigenvalue weighted by atomic mass is 16.3. The van der Waals surface area contributed by atoms with Crippen LogP contribution in [-0.2, 0) is 11.3 Å². The first kappa shape index (κ1) is 17.8. The number of amides is 2. The fourth-order valence-electron chi connectivity index (χ4n) is 3.99. The van der Waals surface area contributed by atoms with Crippen LogP contribution in [0.4, 0.5) is 0 Å². The summed E-state index contributed by atoms with van der Waals surface area (Å²) in [5.41, 5.74) is 1.29. The molecule has 4 rings (SSSR count). The van der Waals surface area contributed by atoms with Crippen molar-refractivity contribution in [2.75, 3.05) is 32.7 Å². The minimum atomic E-state index is -0.358. The molecule has 2 aliphatic heterocycles. The molecule has 2 amide bonds. The zero-order valence-corrected chi connectivity index (χ0v) is 15.4. The van der Waals surface area contributed by atoms with E-state index in [1.165, 1.54) is 11.8 Å². The summed E-state index contributed by atoms with van der Waals surface area (Å²) in [4.78, 5) is 31.6. The minimum Gasteiger partial charge on any atom is -0.459 e. The summed E-state index contributed by atoms with van der Waals surface area (Å²) in [5, 5.41) is 0. The van der Waals surface area contributed by atoms with Crippen LogP contribution in [0.25, 0.3) is 0 Å². The summed E-state index contributed by atoms with van der Waals surface area (Å²) in [6.07, 6.45) is 3.08. The Morgan fingerprint density at radius 2 is 1.74 bits per heavy atom. The lowest BCUT2D eigenvalue weighted by Crippen LogP contribution is -2.54. The number of furan rings is 1. The van der Waals surface area contributed by atoms with Crippen LogP contribution >= 0.6 is 0 Å². The van der Waals surface area contributed by atoms with Crippen molar-refractivity contribution in [1.82, 2.24) is 14.7 Å². The largest absolute Gasteiger partial charge is 0.459 e. The Labute approximate surface area is 159 Å². The van der Waals surface area contributed by atoms with E-state index >= 15 is 0 Å². The smallest absolute Gasteiger partial charge is 0.290 e. The first-order valence-electron chi connectivity index (χ1n) is 9.62. The molecule has 1 aromatic carbocycles. The molecule has 27 heavy (non-hydrogen) atoms. The Balaban J connectivity index is 1.34. The molecule has 0 radical (unpaired) electrons. The molecule has 0 aliphatic carbocycles. The van der Waals surface area contributed by atoms with Gasteiger partial charge in [0.1, 0.15) is 6.04 Å². The van der Waals surface area contributed by atoms with Crippen LogP contribution in [0.1, 0.15) is 29.0 Å². The van der Waals surface area contributed by atoms with Gasteiger partial charge in [0, 0.05) is 39.3 Å². The van der Waals surface area contributed by atoms with Crippen LogP contribution in [0, 0.1) is 0 Å². The van der Waals surface area contributed by atoms with E-state index in [1.807, 2.05) is 11.0 Å². The number of carbonyl (C=O) groups is 2. The quantitative estimate of drug-likeness (QED) is 0.832. The SMILES string of the molecule is O=C(C1CCCN1C(=O)c1ccco1)N1CCN(Cc2ccccc2)CC1. The highest BCUT2D eigenvalue weighted by Crippen LogP contribution is 2.23. The topological polar surface area (TPSA) is 57.0 Å². The number of carbonyl (C=O) groups excluding carboxylic acids is 2. The average molecular weight is 367 g/mol.